The number of methoxy groups -OCH3 is 2. The Bertz CT molecular complexity index is 645. The Morgan fingerprint density at radius 3 is 2.30 bits per heavy atom. The summed E-state index contributed by atoms with van der Waals surface area (Å²) in [6.07, 6.45) is 1.83. The van der Waals surface area contributed by atoms with Gasteiger partial charge in [-0.25, -0.2) is 0 Å². The molecule has 2 atom stereocenters. The molecule has 1 aliphatic heterocycles. The maximum atomic E-state index is 13.0. The Morgan fingerprint density at radius 1 is 1.22 bits per heavy atom. The average molecular weight is 402 g/mol. The van der Waals surface area contributed by atoms with Crippen molar-refractivity contribution in [3.63, 3.8) is 0 Å². The zero-order chi connectivity index (χ0) is 19.3. The number of carbonyl (C=O) groups excluding carboxylic acids is 2. The predicted octanol–water partition coefficient (Wildman–Crippen LogP) is 1.19. The minimum absolute atomic E-state index is 0. The molecular formula is C18H28ClN3O5. The van der Waals surface area contributed by atoms with E-state index in [9.17, 15) is 9.59 Å². The molecular weight excluding hydrogens is 374 g/mol. The van der Waals surface area contributed by atoms with Crippen molar-refractivity contribution >= 4 is 24.2 Å². The summed E-state index contributed by atoms with van der Waals surface area (Å²) in [7, 11) is 2.90. The van der Waals surface area contributed by atoms with Crippen LogP contribution in [0.1, 0.15) is 30.1 Å². The molecule has 27 heavy (non-hydrogen) atoms. The van der Waals surface area contributed by atoms with Crippen molar-refractivity contribution in [2.24, 2.45) is 17.4 Å². The molecule has 8 nitrogen and oxygen atoms in total. The fraction of sp³-hybridized carbons (Fsp3) is 0.556. The SMILES string of the molecule is COc1cc(C(=O)N2CCC(C)CC2CN)cc(OC)c1OCC(N)=O.Cl. The number of primary amides is 1. The molecule has 0 saturated carbocycles. The van der Waals surface area contributed by atoms with Gasteiger partial charge in [-0.05, 0) is 30.9 Å². The van der Waals surface area contributed by atoms with Crippen LogP contribution in [0.3, 0.4) is 0 Å². The van der Waals surface area contributed by atoms with Crippen LogP contribution >= 0.6 is 12.4 Å². The van der Waals surface area contributed by atoms with Crippen molar-refractivity contribution < 1.29 is 23.8 Å². The first-order valence-electron chi connectivity index (χ1n) is 8.59. The lowest BCUT2D eigenvalue weighted by Crippen LogP contribution is -2.49. The Kier molecular flexibility index (Phi) is 8.65. The van der Waals surface area contributed by atoms with Gasteiger partial charge in [0.05, 0.1) is 14.2 Å². The molecule has 1 saturated heterocycles. The zero-order valence-electron chi connectivity index (χ0n) is 15.9. The van der Waals surface area contributed by atoms with E-state index >= 15 is 0 Å². The van der Waals surface area contributed by atoms with Crippen LogP contribution in [0.15, 0.2) is 12.1 Å². The average Bonchev–Trinajstić information content (AvgIpc) is 2.64. The third-order valence-corrected chi connectivity index (χ3v) is 4.58. The van der Waals surface area contributed by atoms with E-state index in [0.29, 0.717) is 36.1 Å². The lowest BCUT2D eigenvalue weighted by atomic mass is 9.92. The number of nitrogens with two attached hydrogens (primary N) is 2. The fourth-order valence-electron chi connectivity index (χ4n) is 3.20. The van der Waals surface area contributed by atoms with Crippen molar-refractivity contribution in [1.82, 2.24) is 4.90 Å². The molecule has 1 aromatic carbocycles. The molecule has 2 unspecified atom stereocenters. The molecule has 1 fully saturated rings. The van der Waals surface area contributed by atoms with Crippen LogP contribution in [0, 0.1) is 5.92 Å². The van der Waals surface area contributed by atoms with Crippen molar-refractivity contribution in [3.05, 3.63) is 17.7 Å². The topological polar surface area (TPSA) is 117 Å². The molecule has 0 bridgehead atoms. The quantitative estimate of drug-likeness (QED) is 0.708. The van der Waals surface area contributed by atoms with Gasteiger partial charge in [0.25, 0.3) is 11.8 Å². The maximum absolute atomic E-state index is 13.0. The first-order chi connectivity index (χ1) is 12.4. The number of amides is 2. The normalized spacial score (nSPS) is 19.0. The minimum atomic E-state index is -0.623. The molecule has 4 N–H and O–H groups in total. The van der Waals surface area contributed by atoms with Crippen molar-refractivity contribution in [2.45, 2.75) is 25.8 Å². The van der Waals surface area contributed by atoms with Gasteiger partial charge < -0.3 is 30.6 Å². The van der Waals surface area contributed by atoms with E-state index in [4.69, 9.17) is 25.7 Å². The number of carbonyl (C=O) groups is 2. The van der Waals surface area contributed by atoms with Gasteiger partial charge in [0.15, 0.2) is 18.1 Å². The van der Waals surface area contributed by atoms with Crippen LogP contribution < -0.4 is 25.7 Å². The van der Waals surface area contributed by atoms with Gasteiger partial charge in [0, 0.05) is 24.7 Å². The largest absolute Gasteiger partial charge is 0.493 e. The van der Waals surface area contributed by atoms with Crippen LogP contribution in [0.5, 0.6) is 17.2 Å². The monoisotopic (exact) mass is 401 g/mol. The zero-order valence-corrected chi connectivity index (χ0v) is 16.7. The fourth-order valence-corrected chi connectivity index (χ4v) is 3.20. The van der Waals surface area contributed by atoms with E-state index in [2.05, 4.69) is 6.92 Å². The summed E-state index contributed by atoms with van der Waals surface area (Å²) in [4.78, 5) is 25.8. The first-order valence-corrected chi connectivity index (χ1v) is 8.59. The van der Waals surface area contributed by atoms with E-state index in [0.717, 1.165) is 12.8 Å². The van der Waals surface area contributed by atoms with E-state index in [1.54, 1.807) is 17.0 Å². The molecule has 1 heterocycles. The van der Waals surface area contributed by atoms with Crippen LogP contribution in [0.2, 0.25) is 0 Å². The molecule has 152 valence electrons. The highest BCUT2D eigenvalue weighted by Crippen LogP contribution is 2.39. The smallest absolute Gasteiger partial charge is 0.255 e. The van der Waals surface area contributed by atoms with E-state index in [-0.39, 0.29) is 36.7 Å². The number of halogens is 1. The molecule has 0 radical (unpaired) electrons. The number of benzene rings is 1. The van der Waals surface area contributed by atoms with Crippen molar-refractivity contribution in [1.29, 1.82) is 0 Å². The summed E-state index contributed by atoms with van der Waals surface area (Å²) in [5.41, 5.74) is 11.4. The lowest BCUT2D eigenvalue weighted by Gasteiger charge is -2.38. The second-order valence-corrected chi connectivity index (χ2v) is 6.48. The van der Waals surface area contributed by atoms with E-state index in [1.165, 1.54) is 14.2 Å². The molecule has 1 aromatic rings. The first kappa shape index (κ1) is 22.9. The van der Waals surface area contributed by atoms with E-state index < -0.39 is 5.91 Å². The number of hydrogen-bond donors (Lipinski definition) is 2. The third-order valence-electron chi connectivity index (χ3n) is 4.58. The number of likely N-dealkylation sites (tertiary alicyclic amines) is 1. The molecule has 0 spiro atoms. The Balaban J connectivity index is 0.00000364. The number of ether oxygens (including phenoxy) is 3. The standard InChI is InChI=1S/C18H27N3O5.ClH/c1-11-4-5-21(13(6-11)9-19)18(23)12-7-14(24-2)17(15(8-12)25-3)26-10-16(20)22;/h7-8,11,13H,4-6,9-10,19H2,1-3H3,(H2,20,22);1H. The van der Waals surface area contributed by atoms with Crippen LogP contribution in [0.25, 0.3) is 0 Å². The highest BCUT2D eigenvalue weighted by atomic mass is 35.5. The summed E-state index contributed by atoms with van der Waals surface area (Å²) in [6, 6.07) is 3.16. The molecule has 2 rings (SSSR count). The van der Waals surface area contributed by atoms with Gasteiger partial charge in [-0.3, -0.25) is 9.59 Å². The maximum Gasteiger partial charge on any atom is 0.255 e. The number of hydrogen-bond acceptors (Lipinski definition) is 6. The Hall–Kier alpha value is -2.19. The summed E-state index contributed by atoms with van der Waals surface area (Å²) < 4.78 is 16.0. The lowest BCUT2D eigenvalue weighted by molar-refractivity contribution is -0.120. The molecule has 9 heteroatoms. The van der Waals surface area contributed by atoms with Gasteiger partial charge in [-0.15, -0.1) is 12.4 Å². The summed E-state index contributed by atoms with van der Waals surface area (Å²) in [5.74, 6) is 0.606. The van der Waals surface area contributed by atoms with Crippen molar-refractivity contribution in [2.75, 3.05) is 33.9 Å². The highest BCUT2D eigenvalue weighted by molar-refractivity contribution is 5.96. The van der Waals surface area contributed by atoms with Gasteiger partial charge in [0.1, 0.15) is 0 Å². The molecule has 0 aliphatic carbocycles. The van der Waals surface area contributed by atoms with Gasteiger partial charge in [0.2, 0.25) is 5.75 Å². The second kappa shape index (κ2) is 10.2. The minimum Gasteiger partial charge on any atom is -0.493 e. The Morgan fingerprint density at radius 2 is 1.81 bits per heavy atom. The third kappa shape index (κ3) is 5.40. The van der Waals surface area contributed by atoms with Crippen LogP contribution in [-0.4, -0.2) is 56.7 Å². The van der Waals surface area contributed by atoms with E-state index in [1.807, 2.05) is 0 Å². The van der Waals surface area contributed by atoms with Gasteiger partial charge in [-0.2, -0.15) is 0 Å². The molecule has 0 aromatic heterocycles. The number of piperidine rings is 1. The summed E-state index contributed by atoms with van der Waals surface area (Å²) in [5, 5.41) is 0. The molecule has 2 amide bonds. The van der Waals surface area contributed by atoms with Crippen molar-refractivity contribution in [3.8, 4) is 17.2 Å². The summed E-state index contributed by atoms with van der Waals surface area (Å²) >= 11 is 0. The highest BCUT2D eigenvalue weighted by Gasteiger charge is 2.30. The second-order valence-electron chi connectivity index (χ2n) is 6.48. The van der Waals surface area contributed by atoms with Crippen LogP contribution in [-0.2, 0) is 4.79 Å². The van der Waals surface area contributed by atoms with Gasteiger partial charge in [-0.1, -0.05) is 6.92 Å². The number of nitrogens with zero attached hydrogens (tertiary/aromatic N) is 1. The molecule has 1 aliphatic rings. The summed E-state index contributed by atoms with van der Waals surface area (Å²) in [6.45, 7) is 2.93. The number of rotatable bonds is 7. The predicted molar refractivity (Wildman–Crippen MR) is 104 cm³/mol. The van der Waals surface area contributed by atoms with Crippen LogP contribution in [0.4, 0.5) is 0 Å². The Labute approximate surface area is 165 Å². The van der Waals surface area contributed by atoms with Gasteiger partial charge >= 0.3 is 0 Å².